The molecule has 1 fully saturated rings. The lowest BCUT2D eigenvalue weighted by Gasteiger charge is -2.25. The topological polar surface area (TPSA) is 67.2 Å². The molecule has 1 aromatic rings. The maximum Gasteiger partial charge on any atom is 0.291 e. The van der Waals surface area contributed by atoms with E-state index in [0.717, 1.165) is 17.8 Å². The average Bonchev–Trinajstić information content (AvgIpc) is 2.97. The molecule has 22 heavy (non-hydrogen) atoms. The van der Waals surface area contributed by atoms with Crippen LogP contribution in [0.15, 0.2) is 35.9 Å². The van der Waals surface area contributed by atoms with Crippen molar-refractivity contribution in [1.29, 1.82) is 0 Å². The monoisotopic (exact) mass is 300 g/mol. The van der Waals surface area contributed by atoms with Gasteiger partial charge in [0.1, 0.15) is 0 Å². The maximum absolute atomic E-state index is 12.3. The van der Waals surface area contributed by atoms with Crippen LogP contribution in [0.5, 0.6) is 0 Å². The van der Waals surface area contributed by atoms with E-state index < -0.39 is 5.41 Å². The molecule has 1 unspecified atom stereocenters. The summed E-state index contributed by atoms with van der Waals surface area (Å²) >= 11 is 0. The number of allylic oxidation sites excluding steroid dienone is 3. The number of aryl methyl sites for hydroxylation is 1. The first-order chi connectivity index (χ1) is 10.3. The van der Waals surface area contributed by atoms with Crippen LogP contribution >= 0.6 is 0 Å². The van der Waals surface area contributed by atoms with E-state index in [0.29, 0.717) is 5.82 Å². The number of imidazole rings is 1. The average molecular weight is 300 g/mol. The number of amides is 2. The summed E-state index contributed by atoms with van der Waals surface area (Å²) < 4.78 is 1.67. The standard InChI is InChI=1S/C16H20N4O2/c1-16(2)11-6-5-10(9-12(11)20(4)15(16)22)18-14(21)13-17-7-8-19(13)3/h5,7-9,11H,6H2,1-4H3,(H,18,21). The Bertz CT molecular complexity index is 711. The lowest BCUT2D eigenvalue weighted by molar-refractivity contribution is -0.133. The van der Waals surface area contributed by atoms with Gasteiger partial charge in [-0.05, 0) is 12.5 Å². The molecule has 6 heteroatoms. The third-order valence-electron chi connectivity index (χ3n) is 4.63. The molecule has 116 valence electrons. The number of hydrogen-bond donors (Lipinski definition) is 1. The first kappa shape index (κ1) is 14.6. The molecule has 0 saturated carbocycles. The quantitative estimate of drug-likeness (QED) is 0.898. The smallest absolute Gasteiger partial charge is 0.291 e. The van der Waals surface area contributed by atoms with Crippen molar-refractivity contribution >= 4 is 11.8 Å². The molecule has 2 amide bonds. The third kappa shape index (κ3) is 2.06. The van der Waals surface area contributed by atoms with Gasteiger partial charge >= 0.3 is 0 Å². The van der Waals surface area contributed by atoms with Gasteiger partial charge < -0.3 is 14.8 Å². The number of carbonyl (C=O) groups is 2. The van der Waals surface area contributed by atoms with Crippen molar-refractivity contribution in [3.63, 3.8) is 0 Å². The molecule has 1 aliphatic carbocycles. The number of fused-ring (bicyclic) bond motifs is 1. The van der Waals surface area contributed by atoms with Crippen LogP contribution < -0.4 is 5.32 Å². The van der Waals surface area contributed by atoms with Crippen molar-refractivity contribution < 1.29 is 9.59 Å². The summed E-state index contributed by atoms with van der Waals surface area (Å²) in [6, 6.07) is 0. The fourth-order valence-corrected chi connectivity index (χ4v) is 3.24. The molecule has 1 N–H and O–H groups in total. The first-order valence-corrected chi connectivity index (χ1v) is 7.31. The van der Waals surface area contributed by atoms with E-state index in [9.17, 15) is 9.59 Å². The molecular formula is C16H20N4O2. The zero-order chi connectivity index (χ0) is 16.1. The Morgan fingerprint density at radius 2 is 2.14 bits per heavy atom. The van der Waals surface area contributed by atoms with Crippen LogP contribution in [0.1, 0.15) is 30.9 Å². The first-order valence-electron chi connectivity index (χ1n) is 7.31. The number of rotatable bonds is 2. The van der Waals surface area contributed by atoms with Gasteiger partial charge in [-0.1, -0.05) is 19.9 Å². The molecule has 1 saturated heterocycles. The van der Waals surface area contributed by atoms with E-state index in [-0.39, 0.29) is 17.7 Å². The SMILES string of the molecule is CN1C(=O)C(C)(C)C2CC=C(NC(=O)c3nccn3C)C=C21. The lowest BCUT2D eigenvalue weighted by atomic mass is 9.76. The molecule has 0 radical (unpaired) electrons. The van der Waals surface area contributed by atoms with Gasteiger partial charge in [-0.25, -0.2) is 4.98 Å². The Kier molecular flexibility index (Phi) is 3.20. The van der Waals surface area contributed by atoms with Gasteiger partial charge in [0, 0.05) is 43.8 Å². The highest BCUT2D eigenvalue weighted by atomic mass is 16.2. The number of aromatic nitrogens is 2. The molecule has 0 spiro atoms. The third-order valence-corrected chi connectivity index (χ3v) is 4.63. The van der Waals surface area contributed by atoms with Crippen LogP contribution in [-0.4, -0.2) is 33.3 Å². The van der Waals surface area contributed by atoms with Crippen molar-refractivity contribution in [1.82, 2.24) is 19.8 Å². The summed E-state index contributed by atoms with van der Waals surface area (Å²) in [5.41, 5.74) is 1.29. The summed E-state index contributed by atoms with van der Waals surface area (Å²) in [5.74, 6) is 0.394. The molecule has 1 aliphatic heterocycles. The van der Waals surface area contributed by atoms with E-state index >= 15 is 0 Å². The van der Waals surface area contributed by atoms with Crippen molar-refractivity contribution in [2.24, 2.45) is 18.4 Å². The Morgan fingerprint density at radius 1 is 1.41 bits per heavy atom. The summed E-state index contributed by atoms with van der Waals surface area (Å²) in [6.07, 6.45) is 7.92. The fourth-order valence-electron chi connectivity index (χ4n) is 3.24. The molecule has 0 bridgehead atoms. The van der Waals surface area contributed by atoms with Crippen LogP contribution in [0.4, 0.5) is 0 Å². The van der Waals surface area contributed by atoms with Gasteiger partial charge in [0.2, 0.25) is 5.91 Å². The molecule has 1 aromatic heterocycles. The minimum absolute atomic E-state index is 0.119. The van der Waals surface area contributed by atoms with Gasteiger partial charge in [-0.3, -0.25) is 9.59 Å². The zero-order valence-electron chi connectivity index (χ0n) is 13.3. The highest BCUT2D eigenvalue weighted by Gasteiger charge is 2.49. The van der Waals surface area contributed by atoms with Crippen molar-refractivity contribution in [2.75, 3.05) is 7.05 Å². The van der Waals surface area contributed by atoms with Gasteiger partial charge in [0.05, 0.1) is 5.41 Å². The lowest BCUT2D eigenvalue weighted by Crippen LogP contribution is -2.29. The number of hydrogen-bond acceptors (Lipinski definition) is 3. The maximum atomic E-state index is 12.3. The molecule has 2 aliphatic rings. The molecule has 3 rings (SSSR count). The van der Waals surface area contributed by atoms with Crippen LogP contribution in [0, 0.1) is 11.3 Å². The van der Waals surface area contributed by atoms with Crippen LogP contribution in [-0.2, 0) is 11.8 Å². The summed E-state index contributed by atoms with van der Waals surface area (Å²) in [6.45, 7) is 3.95. The van der Waals surface area contributed by atoms with Gasteiger partial charge in [-0.15, -0.1) is 0 Å². The van der Waals surface area contributed by atoms with Crippen molar-refractivity contribution in [3.05, 3.63) is 41.8 Å². The Hall–Kier alpha value is -2.37. The predicted octanol–water partition coefficient (Wildman–Crippen LogP) is 1.44. The van der Waals surface area contributed by atoms with E-state index in [4.69, 9.17) is 0 Å². The largest absolute Gasteiger partial charge is 0.330 e. The molecule has 0 aromatic carbocycles. The molecule has 1 atom stereocenters. The number of nitrogens with zero attached hydrogens (tertiary/aromatic N) is 3. The zero-order valence-corrected chi connectivity index (χ0v) is 13.3. The minimum Gasteiger partial charge on any atom is -0.330 e. The Labute approximate surface area is 129 Å². The molecular weight excluding hydrogens is 280 g/mol. The van der Waals surface area contributed by atoms with E-state index in [1.54, 1.807) is 36.0 Å². The van der Waals surface area contributed by atoms with E-state index in [1.165, 1.54) is 0 Å². The normalized spacial score (nSPS) is 23.0. The van der Waals surface area contributed by atoms with Gasteiger partial charge in [0.15, 0.2) is 5.82 Å². The number of nitrogens with one attached hydrogen (secondary N) is 1. The van der Waals surface area contributed by atoms with E-state index in [1.807, 2.05) is 26.0 Å². The molecule has 2 heterocycles. The number of likely N-dealkylation sites (tertiary alicyclic amines) is 1. The second-order valence-corrected chi connectivity index (χ2v) is 6.42. The predicted molar refractivity (Wildman–Crippen MR) is 81.5 cm³/mol. The highest BCUT2D eigenvalue weighted by Crippen LogP contribution is 2.46. The second kappa shape index (κ2) is 4.83. The number of carbonyl (C=O) groups excluding carboxylic acids is 2. The van der Waals surface area contributed by atoms with Crippen molar-refractivity contribution in [3.8, 4) is 0 Å². The Balaban J connectivity index is 1.82. The highest BCUT2D eigenvalue weighted by molar-refractivity contribution is 5.92. The van der Waals surface area contributed by atoms with Crippen molar-refractivity contribution in [2.45, 2.75) is 20.3 Å². The molecule has 6 nitrogen and oxygen atoms in total. The summed E-state index contributed by atoms with van der Waals surface area (Å²) in [4.78, 5) is 30.3. The summed E-state index contributed by atoms with van der Waals surface area (Å²) in [5, 5.41) is 2.86. The van der Waals surface area contributed by atoms with Crippen LogP contribution in [0.3, 0.4) is 0 Å². The summed E-state index contributed by atoms with van der Waals surface area (Å²) in [7, 11) is 3.57. The van der Waals surface area contributed by atoms with Crippen LogP contribution in [0.2, 0.25) is 0 Å². The van der Waals surface area contributed by atoms with Crippen LogP contribution in [0.25, 0.3) is 0 Å². The van der Waals surface area contributed by atoms with Gasteiger partial charge in [0.25, 0.3) is 5.91 Å². The second-order valence-electron chi connectivity index (χ2n) is 6.42. The van der Waals surface area contributed by atoms with E-state index in [2.05, 4.69) is 10.3 Å². The Morgan fingerprint density at radius 3 is 2.77 bits per heavy atom. The van der Waals surface area contributed by atoms with Gasteiger partial charge in [-0.2, -0.15) is 0 Å². The minimum atomic E-state index is -0.397. The fraction of sp³-hybridized carbons (Fsp3) is 0.438.